The van der Waals surface area contributed by atoms with Crippen molar-refractivity contribution in [3.63, 3.8) is 0 Å². The molecule has 0 fully saturated rings. The molecule has 2 heterocycles. The van der Waals surface area contributed by atoms with Crippen molar-refractivity contribution in [3.05, 3.63) is 94.4 Å². The molecule has 7 heteroatoms. The molecular formula is C21H15FN4O2. The number of carbonyl (C=O) groups excluding carboxylic acids is 1. The van der Waals surface area contributed by atoms with Crippen molar-refractivity contribution in [2.75, 3.05) is 5.32 Å². The van der Waals surface area contributed by atoms with Crippen LogP contribution in [0.15, 0.2) is 71.7 Å². The molecule has 0 saturated carbocycles. The Hall–Kier alpha value is -3.87. The Morgan fingerprint density at radius 3 is 2.54 bits per heavy atom. The van der Waals surface area contributed by atoms with Gasteiger partial charge in [-0.15, -0.1) is 0 Å². The number of halogens is 1. The second-order valence-electron chi connectivity index (χ2n) is 6.15. The molecule has 0 unspecified atom stereocenters. The number of nitrogens with one attached hydrogen (secondary N) is 1. The summed E-state index contributed by atoms with van der Waals surface area (Å²) in [5.41, 5.74) is 1.22. The summed E-state index contributed by atoms with van der Waals surface area (Å²) in [4.78, 5) is 33.5. The molecule has 2 aromatic heterocycles. The number of pyridine rings is 1. The first-order valence-electron chi connectivity index (χ1n) is 8.55. The van der Waals surface area contributed by atoms with Gasteiger partial charge in [-0.1, -0.05) is 12.1 Å². The Bertz CT molecular complexity index is 1250. The van der Waals surface area contributed by atoms with Crippen LogP contribution in [0.5, 0.6) is 0 Å². The van der Waals surface area contributed by atoms with Gasteiger partial charge in [-0.2, -0.15) is 0 Å². The number of nitrogens with zero attached hydrogens (tertiary/aromatic N) is 3. The molecule has 4 rings (SSSR count). The molecule has 1 amide bonds. The standard InChI is InChI=1S/C21H15FN4O2/c1-13-24-19-17(6-4-12-23-19)21(28)26(13)15-10-8-14(9-11-15)25-20(27)16-5-2-3-7-18(16)22/h2-12H,1H3,(H,25,27). The molecular weight excluding hydrogens is 359 g/mol. The molecule has 2 aromatic carbocycles. The molecule has 6 nitrogen and oxygen atoms in total. The first kappa shape index (κ1) is 17.5. The van der Waals surface area contributed by atoms with Crippen LogP contribution < -0.4 is 10.9 Å². The highest BCUT2D eigenvalue weighted by molar-refractivity contribution is 6.04. The van der Waals surface area contributed by atoms with E-state index in [0.29, 0.717) is 28.2 Å². The van der Waals surface area contributed by atoms with E-state index in [1.807, 2.05) is 0 Å². The highest BCUT2D eigenvalue weighted by Crippen LogP contribution is 2.16. The minimum atomic E-state index is -0.588. The number of hydrogen-bond acceptors (Lipinski definition) is 4. The van der Waals surface area contributed by atoms with E-state index in [4.69, 9.17) is 0 Å². The van der Waals surface area contributed by atoms with Crippen molar-refractivity contribution >= 4 is 22.6 Å². The fraction of sp³-hybridized carbons (Fsp3) is 0.0476. The van der Waals surface area contributed by atoms with Crippen LogP contribution >= 0.6 is 0 Å². The van der Waals surface area contributed by atoms with E-state index in [1.54, 1.807) is 55.6 Å². The van der Waals surface area contributed by atoms with Gasteiger partial charge >= 0.3 is 0 Å². The quantitative estimate of drug-likeness (QED) is 0.596. The lowest BCUT2D eigenvalue weighted by atomic mass is 10.2. The van der Waals surface area contributed by atoms with Gasteiger partial charge in [-0.05, 0) is 55.5 Å². The Kier molecular flexibility index (Phi) is 4.41. The minimum absolute atomic E-state index is 0.0372. The van der Waals surface area contributed by atoms with Crippen LogP contribution in [0.3, 0.4) is 0 Å². The van der Waals surface area contributed by atoms with Crippen LogP contribution in [-0.2, 0) is 0 Å². The van der Waals surface area contributed by atoms with Crippen LogP contribution in [0.2, 0.25) is 0 Å². The lowest BCUT2D eigenvalue weighted by Crippen LogP contribution is -2.22. The van der Waals surface area contributed by atoms with Crippen LogP contribution in [0.1, 0.15) is 16.2 Å². The van der Waals surface area contributed by atoms with Crippen molar-refractivity contribution in [3.8, 4) is 5.69 Å². The van der Waals surface area contributed by atoms with Gasteiger partial charge in [0, 0.05) is 11.9 Å². The average molecular weight is 374 g/mol. The summed E-state index contributed by atoms with van der Waals surface area (Å²) in [6.45, 7) is 1.73. The molecule has 1 N–H and O–H groups in total. The third-order valence-electron chi connectivity index (χ3n) is 4.31. The molecule has 0 spiro atoms. The normalized spacial score (nSPS) is 10.8. The Morgan fingerprint density at radius 1 is 1.04 bits per heavy atom. The van der Waals surface area contributed by atoms with Crippen molar-refractivity contribution < 1.29 is 9.18 Å². The molecule has 0 aliphatic heterocycles. The molecule has 4 aromatic rings. The van der Waals surface area contributed by atoms with Crippen molar-refractivity contribution in [2.45, 2.75) is 6.92 Å². The van der Waals surface area contributed by atoms with Gasteiger partial charge in [0.1, 0.15) is 11.6 Å². The predicted molar refractivity (Wildman–Crippen MR) is 104 cm³/mol. The number of aromatic nitrogens is 3. The number of rotatable bonds is 3. The maximum atomic E-state index is 13.7. The molecule has 0 aliphatic rings. The third-order valence-corrected chi connectivity index (χ3v) is 4.31. The number of carbonyl (C=O) groups is 1. The van der Waals surface area contributed by atoms with Crippen molar-refractivity contribution in [2.24, 2.45) is 0 Å². The smallest absolute Gasteiger partial charge is 0.267 e. The topological polar surface area (TPSA) is 76.9 Å². The second kappa shape index (κ2) is 7.03. The van der Waals surface area contributed by atoms with E-state index in [1.165, 1.54) is 22.8 Å². The second-order valence-corrected chi connectivity index (χ2v) is 6.15. The van der Waals surface area contributed by atoms with E-state index in [2.05, 4.69) is 15.3 Å². The monoisotopic (exact) mass is 374 g/mol. The first-order chi connectivity index (χ1) is 13.5. The zero-order valence-corrected chi connectivity index (χ0v) is 14.9. The van der Waals surface area contributed by atoms with E-state index in [0.717, 1.165) is 0 Å². The van der Waals surface area contributed by atoms with E-state index < -0.39 is 11.7 Å². The number of hydrogen-bond donors (Lipinski definition) is 1. The molecule has 0 radical (unpaired) electrons. The maximum absolute atomic E-state index is 13.7. The first-order valence-corrected chi connectivity index (χ1v) is 8.55. The van der Waals surface area contributed by atoms with Crippen molar-refractivity contribution in [1.82, 2.24) is 14.5 Å². The zero-order valence-electron chi connectivity index (χ0n) is 14.9. The fourth-order valence-electron chi connectivity index (χ4n) is 2.97. The average Bonchev–Trinajstić information content (AvgIpc) is 2.69. The fourth-order valence-corrected chi connectivity index (χ4v) is 2.97. The van der Waals surface area contributed by atoms with Crippen LogP contribution in [0.25, 0.3) is 16.7 Å². The van der Waals surface area contributed by atoms with Gasteiger partial charge in [0.25, 0.3) is 11.5 Å². The predicted octanol–water partition coefficient (Wildman–Crippen LogP) is 3.48. The lowest BCUT2D eigenvalue weighted by molar-refractivity contribution is 0.102. The molecule has 0 aliphatic carbocycles. The minimum Gasteiger partial charge on any atom is -0.322 e. The van der Waals surface area contributed by atoms with Crippen LogP contribution in [0, 0.1) is 12.7 Å². The summed E-state index contributed by atoms with van der Waals surface area (Å²) < 4.78 is 15.2. The highest BCUT2D eigenvalue weighted by Gasteiger charge is 2.13. The molecule has 138 valence electrons. The Labute approximate surface area is 159 Å². The van der Waals surface area contributed by atoms with Gasteiger partial charge < -0.3 is 5.32 Å². The SMILES string of the molecule is Cc1nc2ncccc2c(=O)n1-c1ccc(NC(=O)c2ccccc2F)cc1. The zero-order chi connectivity index (χ0) is 19.7. The maximum Gasteiger partial charge on any atom is 0.267 e. The van der Waals surface area contributed by atoms with Gasteiger partial charge in [0.2, 0.25) is 0 Å². The van der Waals surface area contributed by atoms with Crippen LogP contribution in [0.4, 0.5) is 10.1 Å². The lowest BCUT2D eigenvalue weighted by Gasteiger charge is -2.11. The summed E-state index contributed by atoms with van der Waals surface area (Å²) in [7, 11) is 0. The largest absolute Gasteiger partial charge is 0.322 e. The summed E-state index contributed by atoms with van der Waals surface area (Å²) in [6, 6.07) is 15.8. The number of aryl methyl sites for hydroxylation is 1. The van der Waals surface area contributed by atoms with Gasteiger partial charge in [-0.3, -0.25) is 14.2 Å². The number of anilines is 1. The van der Waals surface area contributed by atoms with E-state index in [-0.39, 0.29) is 11.1 Å². The van der Waals surface area contributed by atoms with Gasteiger partial charge in [0.15, 0.2) is 5.65 Å². The summed E-state index contributed by atoms with van der Waals surface area (Å²) in [5, 5.41) is 3.07. The highest BCUT2D eigenvalue weighted by atomic mass is 19.1. The van der Waals surface area contributed by atoms with E-state index in [9.17, 15) is 14.0 Å². The van der Waals surface area contributed by atoms with E-state index >= 15 is 0 Å². The summed E-state index contributed by atoms with van der Waals surface area (Å²) >= 11 is 0. The number of benzene rings is 2. The molecule has 0 atom stereocenters. The van der Waals surface area contributed by atoms with Crippen molar-refractivity contribution in [1.29, 1.82) is 0 Å². The van der Waals surface area contributed by atoms with Gasteiger partial charge in [0.05, 0.1) is 16.6 Å². The molecule has 28 heavy (non-hydrogen) atoms. The summed E-state index contributed by atoms with van der Waals surface area (Å²) in [6.07, 6.45) is 1.59. The Balaban J connectivity index is 1.66. The number of fused-ring (bicyclic) bond motifs is 1. The van der Waals surface area contributed by atoms with Crippen LogP contribution in [-0.4, -0.2) is 20.4 Å². The third kappa shape index (κ3) is 3.14. The number of amides is 1. The Morgan fingerprint density at radius 2 is 1.79 bits per heavy atom. The van der Waals surface area contributed by atoms with Gasteiger partial charge in [-0.25, -0.2) is 14.4 Å². The molecule has 0 saturated heterocycles. The summed E-state index contributed by atoms with van der Waals surface area (Å²) in [5.74, 6) is -0.633. The molecule has 0 bridgehead atoms.